The van der Waals surface area contributed by atoms with Gasteiger partial charge < -0.3 is 21.3 Å². The lowest BCUT2D eigenvalue weighted by Gasteiger charge is -2.09. The van der Waals surface area contributed by atoms with Crippen LogP contribution in [0.4, 0.5) is 21.0 Å². The van der Waals surface area contributed by atoms with Crippen LogP contribution in [0.3, 0.4) is 0 Å². The molecule has 24 heavy (non-hydrogen) atoms. The van der Waals surface area contributed by atoms with Crippen molar-refractivity contribution >= 4 is 23.4 Å². The Bertz CT molecular complexity index is 574. The third-order valence-electron chi connectivity index (χ3n) is 3.24. The number of rotatable bonds is 7. The van der Waals surface area contributed by atoms with Crippen LogP contribution in [-0.4, -0.2) is 25.2 Å². The van der Waals surface area contributed by atoms with Gasteiger partial charge in [0.15, 0.2) is 0 Å². The minimum Gasteiger partial charge on any atom is -0.338 e. The smallest absolute Gasteiger partial charge is 0.319 e. The lowest BCUT2D eigenvalue weighted by Crippen LogP contribution is -2.31. The van der Waals surface area contributed by atoms with Gasteiger partial charge in [-0.05, 0) is 37.1 Å². The molecule has 0 aliphatic heterocycles. The maximum absolute atomic E-state index is 11.7. The molecule has 0 saturated carbocycles. The first-order valence-corrected chi connectivity index (χ1v) is 7.94. The standard InChI is InChI=1S/C18H22N4O2/c23-17(21-15-9-3-1-4-10-15)19-13-7-8-14-20-18(24)22-16-11-5-2-6-12-16/h1-6,9-12H,7-8,13-14H2,(H2,19,21,23)(H2,20,22,24). The zero-order valence-electron chi connectivity index (χ0n) is 13.4. The van der Waals surface area contributed by atoms with Gasteiger partial charge in [-0.25, -0.2) is 9.59 Å². The molecule has 0 spiro atoms. The Balaban J connectivity index is 1.50. The van der Waals surface area contributed by atoms with E-state index in [0.29, 0.717) is 13.1 Å². The molecule has 2 aromatic rings. The SMILES string of the molecule is O=C(NCCCCNC(=O)Nc1ccccc1)Nc1ccccc1. The number of carbonyl (C=O) groups excluding carboxylic acids is 2. The van der Waals surface area contributed by atoms with Gasteiger partial charge in [-0.15, -0.1) is 0 Å². The summed E-state index contributed by atoms with van der Waals surface area (Å²) < 4.78 is 0. The van der Waals surface area contributed by atoms with Crippen LogP contribution in [-0.2, 0) is 0 Å². The monoisotopic (exact) mass is 326 g/mol. The number of carbonyl (C=O) groups is 2. The van der Waals surface area contributed by atoms with Gasteiger partial charge in [-0.1, -0.05) is 36.4 Å². The molecule has 0 saturated heterocycles. The van der Waals surface area contributed by atoms with Crippen molar-refractivity contribution < 1.29 is 9.59 Å². The van der Waals surface area contributed by atoms with Crippen LogP contribution in [0.25, 0.3) is 0 Å². The Morgan fingerprint density at radius 2 is 1.00 bits per heavy atom. The fourth-order valence-corrected chi connectivity index (χ4v) is 2.05. The van der Waals surface area contributed by atoms with Crippen LogP contribution in [0.5, 0.6) is 0 Å². The summed E-state index contributed by atoms with van der Waals surface area (Å²) in [6.45, 7) is 1.11. The quantitative estimate of drug-likeness (QED) is 0.588. The first-order valence-electron chi connectivity index (χ1n) is 7.94. The molecular formula is C18H22N4O2. The molecule has 0 aliphatic carbocycles. The molecule has 0 aliphatic rings. The lowest BCUT2D eigenvalue weighted by atomic mass is 10.3. The van der Waals surface area contributed by atoms with Gasteiger partial charge >= 0.3 is 12.1 Å². The second kappa shape index (κ2) is 9.89. The van der Waals surface area contributed by atoms with E-state index >= 15 is 0 Å². The summed E-state index contributed by atoms with van der Waals surface area (Å²) >= 11 is 0. The third-order valence-corrected chi connectivity index (χ3v) is 3.24. The predicted molar refractivity (Wildman–Crippen MR) is 96.2 cm³/mol. The topological polar surface area (TPSA) is 82.3 Å². The van der Waals surface area contributed by atoms with Crippen LogP contribution in [0.1, 0.15) is 12.8 Å². The van der Waals surface area contributed by atoms with Crippen molar-refractivity contribution in [1.29, 1.82) is 0 Å². The summed E-state index contributed by atoms with van der Waals surface area (Å²) in [5, 5.41) is 11.1. The molecule has 0 bridgehead atoms. The van der Waals surface area contributed by atoms with Crippen molar-refractivity contribution in [3.63, 3.8) is 0 Å². The van der Waals surface area contributed by atoms with Crippen LogP contribution in [0.15, 0.2) is 60.7 Å². The summed E-state index contributed by atoms with van der Waals surface area (Å²) in [6, 6.07) is 18.1. The number of hydrogen-bond donors (Lipinski definition) is 4. The largest absolute Gasteiger partial charge is 0.338 e. The molecule has 0 fully saturated rings. The van der Waals surface area contributed by atoms with Crippen molar-refractivity contribution in [2.24, 2.45) is 0 Å². The normalized spacial score (nSPS) is 9.83. The van der Waals surface area contributed by atoms with Gasteiger partial charge in [-0.2, -0.15) is 0 Å². The highest BCUT2D eigenvalue weighted by molar-refractivity contribution is 5.89. The van der Waals surface area contributed by atoms with Crippen molar-refractivity contribution in [2.75, 3.05) is 23.7 Å². The summed E-state index contributed by atoms with van der Waals surface area (Å²) in [7, 11) is 0. The average molecular weight is 326 g/mol. The number of unbranched alkanes of at least 4 members (excludes halogenated alkanes) is 1. The van der Waals surface area contributed by atoms with Gasteiger partial charge in [0.05, 0.1) is 0 Å². The van der Waals surface area contributed by atoms with Gasteiger partial charge in [0.25, 0.3) is 0 Å². The average Bonchev–Trinajstić information content (AvgIpc) is 2.60. The van der Waals surface area contributed by atoms with E-state index in [1.54, 1.807) is 0 Å². The summed E-state index contributed by atoms with van der Waals surface area (Å²) in [5.41, 5.74) is 1.52. The molecule has 0 radical (unpaired) electrons. The first kappa shape index (κ1) is 17.3. The number of amides is 4. The van der Waals surface area contributed by atoms with Crippen molar-refractivity contribution in [2.45, 2.75) is 12.8 Å². The maximum Gasteiger partial charge on any atom is 0.319 e. The molecule has 0 aromatic heterocycles. The van der Waals surface area contributed by atoms with Gasteiger partial charge in [0.2, 0.25) is 0 Å². The van der Waals surface area contributed by atoms with Crippen LogP contribution in [0.2, 0.25) is 0 Å². The minimum atomic E-state index is -0.226. The molecular weight excluding hydrogens is 304 g/mol. The Hall–Kier alpha value is -3.02. The van der Waals surface area contributed by atoms with Gasteiger partial charge in [0.1, 0.15) is 0 Å². The van der Waals surface area contributed by atoms with E-state index in [0.717, 1.165) is 24.2 Å². The second-order valence-electron chi connectivity index (χ2n) is 5.20. The summed E-state index contributed by atoms with van der Waals surface area (Å²) in [6.07, 6.45) is 1.57. The Morgan fingerprint density at radius 1 is 0.625 bits per heavy atom. The molecule has 4 N–H and O–H groups in total. The van der Waals surface area contributed by atoms with E-state index in [1.165, 1.54) is 0 Å². The molecule has 0 unspecified atom stereocenters. The Labute approximate surface area is 141 Å². The maximum atomic E-state index is 11.7. The minimum absolute atomic E-state index is 0.226. The number of anilines is 2. The van der Waals surface area contributed by atoms with Crippen LogP contribution < -0.4 is 21.3 Å². The number of nitrogens with one attached hydrogen (secondary N) is 4. The lowest BCUT2D eigenvalue weighted by molar-refractivity contribution is 0.250. The van der Waals surface area contributed by atoms with Gasteiger partial charge in [-0.3, -0.25) is 0 Å². The Morgan fingerprint density at radius 3 is 1.38 bits per heavy atom. The van der Waals surface area contributed by atoms with E-state index in [1.807, 2.05) is 60.7 Å². The van der Waals surface area contributed by atoms with Gasteiger partial charge in [0, 0.05) is 24.5 Å². The summed E-state index contributed by atoms with van der Waals surface area (Å²) in [4.78, 5) is 23.3. The van der Waals surface area contributed by atoms with E-state index in [9.17, 15) is 9.59 Å². The highest BCUT2D eigenvalue weighted by Gasteiger charge is 2.01. The van der Waals surface area contributed by atoms with Crippen LogP contribution in [0, 0.1) is 0 Å². The zero-order chi connectivity index (χ0) is 17.0. The number of benzene rings is 2. The molecule has 6 heteroatoms. The highest BCUT2D eigenvalue weighted by Crippen LogP contribution is 2.05. The van der Waals surface area contributed by atoms with E-state index in [2.05, 4.69) is 21.3 Å². The number of hydrogen-bond acceptors (Lipinski definition) is 2. The third kappa shape index (κ3) is 6.83. The molecule has 0 atom stereocenters. The highest BCUT2D eigenvalue weighted by atomic mass is 16.2. The molecule has 0 heterocycles. The predicted octanol–water partition coefficient (Wildman–Crippen LogP) is 3.41. The molecule has 6 nitrogen and oxygen atoms in total. The fourth-order valence-electron chi connectivity index (χ4n) is 2.05. The van der Waals surface area contributed by atoms with Crippen LogP contribution >= 0.6 is 0 Å². The van der Waals surface area contributed by atoms with E-state index in [-0.39, 0.29) is 12.1 Å². The Kier molecular flexibility index (Phi) is 7.14. The molecule has 2 rings (SSSR count). The second-order valence-corrected chi connectivity index (χ2v) is 5.20. The fraction of sp³-hybridized carbons (Fsp3) is 0.222. The zero-order valence-corrected chi connectivity index (χ0v) is 13.4. The van der Waals surface area contributed by atoms with Crippen molar-refractivity contribution in [1.82, 2.24) is 10.6 Å². The molecule has 2 aromatic carbocycles. The van der Waals surface area contributed by atoms with E-state index < -0.39 is 0 Å². The van der Waals surface area contributed by atoms with Crippen molar-refractivity contribution in [3.05, 3.63) is 60.7 Å². The summed E-state index contributed by atoms with van der Waals surface area (Å²) in [5.74, 6) is 0. The molecule has 126 valence electrons. The van der Waals surface area contributed by atoms with E-state index in [4.69, 9.17) is 0 Å². The number of para-hydroxylation sites is 2. The van der Waals surface area contributed by atoms with Crippen molar-refractivity contribution in [3.8, 4) is 0 Å². The first-order chi connectivity index (χ1) is 11.7. The molecule has 4 amide bonds. The number of urea groups is 2.